The maximum absolute atomic E-state index is 2.40. The Kier molecular flexibility index (Phi) is 7.77. The van der Waals surface area contributed by atoms with Gasteiger partial charge in [0.15, 0.2) is 0 Å². The number of hydrogen-bond acceptors (Lipinski definition) is 3. The van der Waals surface area contributed by atoms with Crippen molar-refractivity contribution in [1.29, 1.82) is 0 Å². The summed E-state index contributed by atoms with van der Waals surface area (Å²) in [7, 11) is 8.20. The third-order valence-corrected chi connectivity index (χ3v) is 7.57. The number of hydrogen-bond donors (Lipinski definition) is 0. The van der Waals surface area contributed by atoms with Gasteiger partial charge in [-0.05, 0) is 76.2 Å². The molecule has 0 bridgehead atoms. The summed E-state index contributed by atoms with van der Waals surface area (Å²) in [5.74, 6) is 0. The Hall–Kier alpha value is -0.860. The molecule has 0 aliphatic rings. The van der Waals surface area contributed by atoms with Crippen molar-refractivity contribution >= 4 is 30.3 Å². The first-order valence-corrected chi connectivity index (χ1v) is 11.2. The van der Waals surface area contributed by atoms with E-state index in [-0.39, 0.29) is 7.92 Å². The fourth-order valence-electron chi connectivity index (χ4n) is 2.80. The van der Waals surface area contributed by atoms with E-state index in [4.69, 9.17) is 0 Å². The largest absolute Gasteiger partial charge is 0.305 e. The lowest BCUT2D eigenvalue weighted by Crippen LogP contribution is -2.17. The molecule has 2 nitrogen and oxygen atoms in total. The summed E-state index contributed by atoms with van der Waals surface area (Å²) in [4.78, 5) is 4.46. The third kappa shape index (κ3) is 5.89. The quantitative estimate of drug-likeness (QED) is 0.665. The van der Waals surface area contributed by atoms with Crippen LogP contribution >= 0.6 is 19.7 Å². The lowest BCUT2D eigenvalue weighted by Gasteiger charge is -2.20. The Morgan fingerprint density at radius 1 is 0.792 bits per heavy atom. The van der Waals surface area contributed by atoms with Gasteiger partial charge in [-0.1, -0.05) is 36.4 Å². The molecule has 0 aliphatic carbocycles. The van der Waals surface area contributed by atoms with Crippen LogP contribution in [0.15, 0.2) is 48.5 Å². The zero-order valence-electron chi connectivity index (χ0n) is 15.5. The van der Waals surface area contributed by atoms with Crippen LogP contribution in [-0.2, 0) is 13.1 Å². The molecule has 0 fully saturated rings. The molecule has 0 saturated carbocycles. The van der Waals surface area contributed by atoms with E-state index in [0.29, 0.717) is 0 Å². The molecule has 0 heterocycles. The molecule has 2 aromatic rings. The van der Waals surface area contributed by atoms with E-state index in [1.807, 2.05) is 11.8 Å². The highest BCUT2D eigenvalue weighted by atomic mass is 32.2. The van der Waals surface area contributed by atoms with Gasteiger partial charge in [0.2, 0.25) is 0 Å². The summed E-state index contributed by atoms with van der Waals surface area (Å²) in [6, 6.07) is 18.3. The smallest absolute Gasteiger partial charge is 0.0227 e. The molecule has 0 spiro atoms. The van der Waals surface area contributed by atoms with E-state index in [1.54, 1.807) is 0 Å². The second-order valence-corrected chi connectivity index (χ2v) is 10.2. The topological polar surface area (TPSA) is 6.48 Å². The Morgan fingerprint density at radius 3 is 1.62 bits per heavy atom. The third-order valence-electron chi connectivity index (χ3n) is 3.70. The molecule has 0 aromatic heterocycles. The van der Waals surface area contributed by atoms with Crippen LogP contribution < -0.4 is 10.6 Å². The molecule has 0 atom stereocenters. The minimum Gasteiger partial charge on any atom is -0.305 e. The van der Waals surface area contributed by atoms with Crippen molar-refractivity contribution in [3.8, 4) is 0 Å². The number of benzene rings is 2. The molecule has 2 aromatic carbocycles. The van der Waals surface area contributed by atoms with Crippen LogP contribution in [0.4, 0.5) is 0 Å². The Bertz CT molecular complexity index is 590. The highest BCUT2D eigenvalue weighted by Gasteiger charge is 2.14. The van der Waals surface area contributed by atoms with Gasteiger partial charge in [0, 0.05) is 18.6 Å². The predicted octanol–water partition coefficient (Wildman–Crippen LogP) is 3.56. The Balaban J connectivity index is 2.32. The van der Waals surface area contributed by atoms with Gasteiger partial charge in [-0.25, -0.2) is 0 Å². The minimum atomic E-state index is -0.307. The Labute approximate surface area is 153 Å². The maximum atomic E-state index is 2.40. The number of nitrogens with zero attached hydrogens (tertiary/aromatic N) is 2. The first-order chi connectivity index (χ1) is 11.5. The molecule has 24 heavy (non-hydrogen) atoms. The van der Waals surface area contributed by atoms with E-state index in [2.05, 4.69) is 92.8 Å². The zero-order valence-corrected chi connectivity index (χ0v) is 17.2. The molecule has 0 aliphatic heterocycles. The SMILES string of the molecule is CSCP(c1cccc(CN(C)C)c1)c1cccc(CN(C)C)c1. The standard InChI is InChI=1S/C20H29N2PS/c1-21(2)14-17-8-6-10-19(12-17)23(16-24-5)20-11-7-9-18(13-20)15-22(3)4/h6-13H,14-16H2,1-5H3. The van der Waals surface area contributed by atoms with Crippen LogP contribution in [0.1, 0.15) is 11.1 Å². The van der Waals surface area contributed by atoms with Gasteiger partial charge >= 0.3 is 0 Å². The molecule has 0 saturated heterocycles. The van der Waals surface area contributed by atoms with Crippen LogP contribution in [0.3, 0.4) is 0 Å². The predicted molar refractivity (Wildman–Crippen MR) is 112 cm³/mol. The van der Waals surface area contributed by atoms with Crippen LogP contribution in [0.5, 0.6) is 0 Å². The van der Waals surface area contributed by atoms with E-state index in [1.165, 1.54) is 27.2 Å². The summed E-state index contributed by atoms with van der Waals surface area (Å²) >= 11 is 1.95. The van der Waals surface area contributed by atoms with Crippen molar-refractivity contribution in [2.45, 2.75) is 13.1 Å². The molecule has 0 amide bonds. The number of rotatable bonds is 8. The van der Waals surface area contributed by atoms with Crippen molar-refractivity contribution in [2.75, 3.05) is 39.9 Å². The second-order valence-electron chi connectivity index (χ2n) is 6.66. The van der Waals surface area contributed by atoms with Crippen molar-refractivity contribution in [2.24, 2.45) is 0 Å². The first kappa shape index (κ1) is 19.5. The number of thioether (sulfide) groups is 1. The molecule has 0 radical (unpaired) electrons. The summed E-state index contributed by atoms with van der Waals surface area (Å²) in [5, 5.41) is 2.97. The average molecular weight is 361 g/mol. The molecule has 2 rings (SSSR count). The molecule has 0 N–H and O–H groups in total. The summed E-state index contributed by atoms with van der Waals surface area (Å²) in [6.45, 7) is 1.99. The van der Waals surface area contributed by atoms with Gasteiger partial charge in [0.1, 0.15) is 0 Å². The van der Waals surface area contributed by atoms with E-state index in [0.717, 1.165) is 13.1 Å². The van der Waals surface area contributed by atoms with E-state index >= 15 is 0 Å². The maximum Gasteiger partial charge on any atom is 0.0227 e. The van der Waals surface area contributed by atoms with Gasteiger partial charge in [0.25, 0.3) is 0 Å². The zero-order chi connectivity index (χ0) is 17.5. The summed E-state index contributed by atoms with van der Waals surface area (Å²) in [6.07, 6.45) is 2.21. The van der Waals surface area contributed by atoms with Crippen molar-refractivity contribution in [3.05, 3.63) is 59.7 Å². The van der Waals surface area contributed by atoms with E-state index < -0.39 is 0 Å². The van der Waals surface area contributed by atoms with Crippen molar-refractivity contribution < 1.29 is 0 Å². The van der Waals surface area contributed by atoms with Crippen LogP contribution in [0.25, 0.3) is 0 Å². The van der Waals surface area contributed by atoms with Gasteiger partial charge in [0.05, 0.1) is 0 Å². The second kappa shape index (κ2) is 9.58. The lowest BCUT2D eigenvalue weighted by atomic mass is 10.2. The average Bonchev–Trinajstić information content (AvgIpc) is 2.52. The summed E-state index contributed by atoms with van der Waals surface area (Å²) < 4.78 is 0. The minimum absolute atomic E-state index is 0.307. The van der Waals surface area contributed by atoms with Gasteiger partial charge in [-0.3, -0.25) is 0 Å². The fraction of sp³-hybridized carbons (Fsp3) is 0.400. The summed E-state index contributed by atoms with van der Waals surface area (Å²) in [5.41, 5.74) is 3.97. The fourth-order valence-corrected chi connectivity index (χ4v) is 6.50. The van der Waals surface area contributed by atoms with Crippen molar-refractivity contribution in [3.63, 3.8) is 0 Å². The van der Waals surface area contributed by atoms with Crippen LogP contribution in [0, 0.1) is 0 Å². The molecule has 4 heteroatoms. The monoisotopic (exact) mass is 360 g/mol. The molecule has 0 unspecified atom stereocenters. The van der Waals surface area contributed by atoms with Crippen LogP contribution in [0.2, 0.25) is 0 Å². The van der Waals surface area contributed by atoms with Gasteiger partial charge in [-0.2, -0.15) is 11.8 Å². The van der Waals surface area contributed by atoms with E-state index in [9.17, 15) is 0 Å². The molecule has 130 valence electrons. The van der Waals surface area contributed by atoms with Gasteiger partial charge < -0.3 is 9.80 Å². The molecular formula is C20H29N2PS. The highest BCUT2D eigenvalue weighted by molar-refractivity contribution is 8.06. The van der Waals surface area contributed by atoms with Gasteiger partial charge in [-0.15, -0.1) is 0 Å². The molecular weight excluding hydrogens is 331 g/mol. The Morgan fingerprint density at radius 2 is 1.25 bits per heavy atom. The first-order valence-electron chi connectivity index (χ1n) is 8.23. The lowest BCUT2D eigenvalue weighted by molar-refractivity contribution is 0.402. The van der Waals surface area contributed by atoms with Crippen molar-refractivity contribution in [1.82, 2.24) is 9.80 Å². The normalized spacial score (nSPS) is 11.7. The van der Waals surface area contributed by atoms with Crippen LogP contribution in [-0.4, -0.2) is 49.7 Å². The highest BCUT2D eigenvalue weighted by Crippen LogP contribution is 2.37.